The van der Waals surface area contributed by atoms with Crippen molar-refractivity contribution >= 4 is 34.2 Å². The van der Waals surface area contributed by atoms with Crippen LogP contribution in [0.1, 0.15) is 29.8 Å². The monoisotopic (exact) mass is 504 g/mol. The summed E-state index contributed by atoms with van der Waals surface area (Å²) >= 11 is 6.07. The SMILES string of the molecule is COc1ccc(-n2nc3c(N4CCCC(C(=O)NCc5cccc(Cl)c5)C4)nnc(C)c3c2C)cc1. The standard InChI is InChI=1S/C27H29ClN6O2/c1-17-24-18(2)34(22-9-11-23(36-3)12-10-22)32-25(24)26(31-30-17)33-13-5-7-20(16-33)27(35)29-15-19-6-4-8-21(28)14-19/h4,6,8-12,14,20H,5,7,13,15-16H2,1-3H3,(H,29,35). The molecule has 9 heteroatoms. The van der Waals surface area contributed by atoms with Crippen molar-refractivity contribution in [3.05, 3.63) is 70.5 Å². The molecule has 0 spiro atoms. The van der Waals surface area contributed by atoms with Gasteiger partial charge in [-0.25, -0.2) is 4.68 Å². The Hall–Kier alpha value is -3.65. The van der Waals surface area contributed by atoms with Crippen LogP contribution in [0.15, 0.2) is 48.5 Å². The smallest absolute Gasteiger partial charge is 0.225 e. The molecule has 0 radical (unpaired) electrons. The van der Waals surface area contributed by atoms with Crippen LogP contribution < -0.4 is 15.0 Å². The Labute approximate surface area is 215 Å². The summed E-state index contributed by atoms with van der Waals surface area (Å²) < 4.78 is 7.21. The fourth-order valence-corrected chi connectivity index (χ4v) is 5.08. The maximum atomic E-state index is 13.0. The molecule has 1 atom stereocenters. The number of carbonyl (C=O) groups is 1. The minimum atomic E-state index is -0.138. The maximum Gasteiger partial charge on any atom is 0.225 e. The van der Waals surface area contributed by atoms with E-state index in [4.69, 9.17) is 21.4 Å². The number of ether oxygens (including phenoxy) is 1. The summed E-state index contributed by atoms with van der Waals surface area (Å²) in [5, 5.41) is 18.7. The first kappa shape index (κ1) is 24.1. The molecule has 0 saturated carbocycles. The first-order valence-corrected chi connectivity index (χ1v) is 12.5. The summed E-state index contributed by atoms with van der Waals surface area (Å²) in [6, 6.07) is 15.3. The summed E-state index contributed by atoms with van der Waals surface area (Å²) in [7, 11) is 1.65. The van der Waals surface area contributed by atoms with Gasteiger partial charge in [-0.05, 0) is 68.7 Å². The predicted molar refractivity (Wildman–Crippen MR) is 141 cm³/mol. The molecule has 1 N–H and O–H groups in total. The number of anilines is 1. The van der Waals surface area contributed by atoms with Gasteiger partial charge in [0.2, 0.25) is 5.91 Å². The third kappa shape index (κ3) is 4.73. The van der Waals surface area contributed by atoms with Crippen LogP contribution in [0.3, 0.4) is 0 Å². The number of amides is 1. The lowest BCUT2D eigenvalue weighted by Crippen LogP contribution is -2.43. The molecule has 8 nitrogen and oxygen atoms in total. The first-order chi connectivity index (χ1) is 17.4. The largest absolute Gasteiger partial charge is 0.497 e. The highest BCUT2D eigenvalue weighted by molar-refractivity contribution is 6.30. The summed E-state index contributed by atoms with van der Waals surface area (Å²) in [4.78, 5) is 15.2. The quantitative estimate of drug-likeness (QED) is 0.412. The number of benzene rings is 2. The van der Waals surface area contributed by atoms with Crippen molar-refractivity contribution in [2.24, 2.45) is 5.92 Å². The Kier molecular flexibility index (Phi) is 6.78. The molecule has 0 bridgehead atoms. The molecule has 2 aromatic heterocycles. The number of carbonyl (C=O) groups excluding carboxylic acids is 1. The third-order valence-electron chi connectivity index (χ3n) is 6.75. The van der Waals surface area contributed by atoms with Crippen LogP contribution in [0.4, 0.5) is 5.82 Å². The van der Waals surface area contributed by atoms with E-state index in [1.165, 1.54) is 0 Å². The van der Waals surface area contributed by atoms with Crippen LogP contribution in [0.2, 0.25) is 5.02 Å². The number of nitrogens with zero attached hydrogens (tertiary/aromatic N) is 5. The number of methoxy groups -OCH3 is 1. The molecule has 2 aromatic carbocycles. The fourth-order valence-electron chi connectivity index (χ4n) is 4.86. The zero-order valence-corrected chi connectivity index (χ0v) is 21.4. The average molecular weight is 505 g/mol. The highest BCUT2D eigenvalue weighted by Gasteiger charge is 2.29. The molecule has 1 aliphatic heterocycles. The molecular weight excluding hydrogens is 476 g/mol. The van der Waals surface area contributed by atoms with E-state index in [-0.39, 0.29) is 11.8 Å². The third-order valence-corrected chi connectivity index (χ3v) is 6.98. The second kappa shape index (κ2) is 10.1. The van der Waals surface area contributed by atoms with E-state index in [9.17, 15) is 4.79 Å². The molecule has 1 unspecified atom stereocenters. The van der Waals surface area contributed by atoms with Crippen molar-refractivity contribution < 1.29 is 9.53 Å². The second-order valence-electron chi connectivity index (χ2n) is 9.16. The van der Waals surface area contributed by atoms with Gasteiger partial charge in [0.25, 0.3) is 0 Å². The number of aryl methyl sites for hydroxylation is 2. The summed E-state index contributed by atoms with van der Waals surface area (Å²) in [5.41, 5.74) is 4.55. The highest BCUT2D eigenvalue weighted by Crippen LogP contribution is 2.32. The van der Waals surface area contributed by atoms with Gasteiger partial charge < -0.3 is 15.0 Å². The molecule has 186 valence electrons. The predicted octanol–water partition coefficient (Wildman–Crippen LogP) is 4.63. The van der Waals surface area contributed by atoms with Crippen molar-refractivity contribution in [1.29, 1.82) is 0 Å². The minimum Gasteiger partial charge on any atom is -0.497 e. The Morgan fingerprint density at radius 1 is 1.17 bits per heavy atom. The lowest BCUT2D eigenvalue weighted by molar-refractivity contribution is -0.125. The van der Waals surface area contributed by atoms with Gasteiger partial charge in [0.05, 0.1) is 35.5 Å². The number of piperidine rings is 1. The van der Waals surface area contributed by atoms with E-state index < -0.39 is 0 Å². The molecular formula is C27H29ClN6O2. The van der Waals surface area contributed by atoms with E-state index in [0.717, 1.165) is 64.5 Å². The van der Waals surface area contributed by atoms with Gasteiger partial charge in [0.15, 0.2) is 5.82 Å². The van der Waals surface area contributed by atoms with E-state index in [1.54, 1.807) is 7.11 Å². The van der Waals surface area contributed by atoms with Crippen LogP contribution in [-0.2, 0) is 11.3 Å². The summed E-state index contributed by atoms with van der Waals surface area (Å²) in [6.07, 6.45) is 1.73. The van der Waals surface area contributed by atoms with Crippen LogP contribution in [0.25, 0.3) is 16.6 Å². The maximum absolute atomic E-state index is 13.0. The normalized spacial score (nSPS) is 15.8. The molecule has 0 aliphatic carbocycles. The van der Waals surface area contributed by atoms with Crippen LogP contribution in [-0.4, -0.2) is 46.1 Å². The molecule has 4 aromatic rings. The Bertz CT molecular complexity index is 1400. The van der Waals surface area contributed by atoms with Gasteiger partial charge in [-0.1, -0.05) is 23.7 Å². The highest BCUT2D eigenvalue weighted by atomic mass is 35.5. The van der Waals surface area contributed by atoms with Crippen LogP contribution in [0.5, 0.6) is 5.75 Å². The molecule has 1 amide bonds. The number of hydrogen-bond acceptors (Lipinski definition) is 6. The first-order valence-electron chi connectivity index (χ1n) is 12.1. The number of halogens is 1. The molecule has 1 fully saturated rings. The van der Waals surface area contributed by atoms with E-state index in [2.05, 4.69) is 20.4 Å². The Balaban J connectivity index is 1.39. The zero-order valence-electron chi connectivity index (χ0n) is 20.7. The van der Waals surface area contributed by atoms with Crippen molar-refractivity contribution in [2.75, 3.05) is 25.1 Å². The van der Waals surface area contributed by atoms with Gasteiger partial charge in [-0.15, -0.1) is 5.10 Å². The van der Waals surface area contributed by atoms with Gasteiger partial charge in [0.1, 0.15) is 11.3 Å². The number of hydrogen-bond donors (Lipinski definition) is 1. The van der Waals surface area contributed by atoms with E-state index in [0.29, 0.717) is 18.1 Å². The molecule has 5 rings (SSSR count). The minimum absolute atomic E-state index is 0.0379. The lowest BCUT2D eigenvalue weighted by atomic mass is 9.97. The van der Waals surface area contributed by atoms with Gasteiger partial charge in [0, 0.05) is 24.7 Å². The number of rotatable bonds is 6. The molecule has 36 heavy (non-hydrogen) atoms. The number of aromatic nitrogens is 4. The lowest BCUT2D eigenvalue weighted by Gasteiger charge is -2.32. The molecule has 1 aliphatic rings. The van der Waals surface area contributed by atoms with Crippen LogP contribution in [0, 0.1) is 19.8 Å². The van der Waals surface area contributed by atoms with Gasteiger partial charge in [-0.3, -0.25) is 4.79 Å². The Morgan fingerprint density at radius 3 is 2.72 bits per heavy atom. The van der Waals surface area contributed by atoms with Crippen molar-refractivity contribution in [2.45, 2.75) is 33.2 Å². The van der Waals surface area contributed by atoms with Crippen molar-refractivity contribution in [3.8, 4) is 11.4 Å². The van der Waals surface area contributed by atoms with Crippen molar-refractivity contribution in [1.82, 2.24) is 25.3 Å². The number of nitrogens with one attached hydrogen (secondary N) is 1. The summed E-state index contributed by atoms with van der Waals surface area (Å²) in [5.74, 6) is 1.41. The van der Waals surface area contributed by atoms with E-state index >= 15 is 0 Å². The van der Waals surface area contributed by atoms with E-state index in [1.807, 2.05) is 67.1 Å². The molecule has 1 saturated heterocycles. The molecule has 3 heterocycles. The topological polar surface area (TPSA) is 85.2 Å². The fraction of sp³-hybridized carbons (Fsp3) is 0.333. The summed E-state index contributed by atoms with van der Waals surface area (Å²) in [6.45, 7) is 5.83. The second-order valence-corrected chi connectivity index (χ2v) is 9.60. The van der Waals surface area contributed by atoms with Gasteiger partial charge in [-0.2, -0.15) is 10.2 Å². The average Bonchev–Trinajstić information content (AvgIpc) is 3.25. The van der Waals surface area contributed by atoms with Gasteiger partial charge >= 0.3 is 0 Å². The zero-order chi connectivity index (χ0) is 25.2. The van der Waals surface area contributed by atoms with Crippen molar-refractivity contribution in [3.63, 3.8) is 0 Å². The van der Waals surface area contributed by atoms with Crippen LogP contribution >= 0.6 is 11.6 Å². The number of fused-ring (bicyclic) bond motifs is 1. The Morgan fingerprint density at radius 2 is 1.97 bits per heavy atom.